The van der Waals surface area contributed by atoms with Crippen LogP contribution in [0.5, 0.6) is 5.75 Å². The first-order chi connectivity index (χ1) is 12.1. The van der Waals surface area contributed by atoms with E-state index in [2.05, 4.69) is 0 Å². The SMILES string of the molecule is Cc1ccc(OCC(O)Cn2c(C(F)(F)F)ccc(C(N)=O)c2=O)cc1. The molecule has 26 heavy (non-hydrogen) atoms. The van der Waals surface area contributed by atoms with Crippen LogP contribution in [0.4, 0.5) is 13.2 Å². The molecule has 0 aliphatic heterocycles. The third-order valence-electron chi connectivity index (χ3n) is 3.59. The fourth-order valence-corrected chi connectivity index (χ4v) is 2.28. The third-order valence-corrected chi connectivity index (χ3v) is 3.59. The highest BCUT2D eigenvalue weighted by atomic mass is 19.4. The van der Waals surface area contributed by atoms with Crippen LogP contribution in [-0.2, 0) is 12.7 Å². The standard InChI is InChI=1S/C17H17F3N2O4/c1-10-2-4-12(5-3-10)26-9-11(23)8-22-14(17(18,19)20)7-6-13(15(21)24)16(22)25/h2-7,11,23H,8-9H2,1H3,(H2,21,24). The number of aliphatic hydroxyl groups is 1. The molecular formula is C17H17F3N2O4. The lowest BCUT2D eigenvalue weighted by Crippen LogP contribution is -2.37. The van der Waals surface area contributed by atoms with Crippen LogP contribution in [-0.4, -0.2) is 28.3 Å². The number of primary amides is 1. The molecule has 1 unspecified atom stereocenters. The van der Waals surface area contributed by atoms with E-state index in [1.807, 2.05) is 6.92 Å². The van der Waals surface area contributed by atoms with E-state index in [-0.39, 0.29) is 11.2 Å². The molecule has 2 aromatic rings. The number of amides is 1. The van der Waals surface area contributed by atoms with Crippen LogP contribution in [0.3, 0.4) is 0 Å². The van der Waals surface area contributed by atoms with E-state index in [0.29, 0.717) is 11.8 Å². The van der Waals surface area contributed by atoms with Gasteiger partial charge >= 0.3 is 6.18 Å². The molecule has 2 rings (SSSR count). The maximum Gasteiger partial charge on any atom is 0.431 e. The first-order valence-electron chi connectivity index (χ1n) is 7.58. The number of carbonyl (C=O) groups excluding carboxylic acids is 1. The molecule has 3 N–H and O–H groups in total. The number of carbonyl (C=O) groups is 1. The number of aliphatic hydroxyl groups excluding tert-OH is 1. The minimum Gasteiger partial charge on any atom is -0.491 e. The summed E-state index contributed by atoms with van der Waals surface area (Å²) in [5.74, 6) is -0.730. The Morgan fingerprint density at radius 2 is 1.85 bits per heavy atom. The van der Waals surface area contributed by atoms with Crippen molar-refractivity contribution >= 4 is 5.91 Å². The maximum atomic E-state index is 13.1. The summed E-state index contributed by atoms with van der Waals surface area (Å²) in [6, 6.07) is 8.12. The summed E-state index contributed by atoms with van der Waals surface area (Å²) >= 11 is 0. The van der Waals surface area contributed by atoms with Gasteiger partial charge in [0.15, 0.2) is 0 Å². The Balaban J connectivity index is 2.23. The summed E-state index contributed by atoms with van der Waals surface area (Å²) in [4.78, 5) is 23.3. The number of halogens is 3. The third kappa shape index (κ3) is 4.63. The highest BCUT2D eigenvalue weighted by molar-refractivity contribution is 5.92. The van der Waals surface area contributed by atoms with Gasteiger partial charge in [-0.15, -0.1) is 0 Å². The maximum absolute atomic E-state index is 13.1. The fourth-order valence-electron chi connectivity index (χ4n) is 2.28. The Morgan fingerprint density at radius 3 is 2.38 bits per heavy atom. The Hall–Kier alpha value is -2.81. The number of alkyl halides is 3. The number of nitrogens with zero attached hydrogens (tertiary/aromatic N) is 1. The number of hydrogen-bond donors (Lipinski definition) is 2. The summed E-state index contributed by atoms with van der Waals surface area (Å²) < 4.78 is 44.9. The number of ether oxygens (including phenoxy) is 1. The molecule has 1 atom stereocenters. The summed E-state index contributed by atoms with van der Waals surface area (Å²) in [5.41, 5.74) is 2.88. The van der Waals surface area contributed by atoms with Gasteiger partial charge in [-0.3, -0.25) is 9.59 Å². The second kappa shape index (κ2) is 7.61. The van der Waals surface area contributed by atoms with Gasteiger partial charge < -0.3 is 20.1 Å². The Labute approximate surface area is 146 Å². The van der Waals surface area contributed by atoms with E-state index in [9.17, 15) is 27.9 Å². The predicted molar refractivity (Wildman–Crippen MR) is 86.9 cm³/mol. The normalized spacial score (nSPS) is 12.7. The van der Waals surface area contributed by atoms with Gasteiger partial charge in [0.1, 0.15) is 29.7 Å². The molecule has 1 aromatic carbocycles. The zero-order valence-corrected chi connectivity index (χ0v) is 13.8. The highest BCUT2D eigenvalue weighted by Gasteiger charge is 2.35. The van der Waals surface area contributed by atoms with Crippen LogP contribution in [0, 0.1) is 6.92 Å². The zero-order chi connectivity index (χ0) is 19.5. The number of pyridine rings is 1. The summed E-state index contributed by atoms with van der Waals surface area (Å²) in [6.45, 7) is 0.823. The Kier molecular flexibility index (Phi) is 5.71. The average Bonchev–Trinajstić information content (AvgIpc) is 2.54. The zero-order valence-electron chi connectivity index (χ0n) is 13.8. The van der Waals surface area contributed by atoms with Crippen LogP contribution in [0.15, 0.2) is 41.2 Å². The first kappa shape index (κ1) is 19.5. The Bertz CT molecular complexity index is 845. The van der Waals surface area contributed by atoms with Gasteiger partial charge in [0.25, 0.3) is 11.5 Å². The van der Waals surface area contributed by atoms with Gasteiger partial charge in [-0.1, -0.05) is 17.7 Å². The molecule has 0 saturated heterocycles. The Morgan fingerprint density at radius 1 is 1.23 bits per heavy atom. The first-order valence-corrected chi connectivity index (χ1v) is 7.58. The number of hydrogen-bond acceptors (Lipinski definition) is 4. The molecule has 0 saturated carbocycles. The van der Waals surface area contributed by atoms with Gasteiger partial charge in [-0.05, 0) is 31.2 Å². The molecular weight excluding hydrogens is 353 g/mol. The monoisotopic (exact) mass is 370 g/mol. The van der Waals surface area contributed by atoms with E-state index in [1.54, 1.807) is 24.3 Å². The van der Waals surface area contributed by atoms with E-state index < -0.39 is 41.5 Å². The predicted octanol–water partition coefficient (Wildman–Crippen LogP) is 1.71. The van der Waals surface area contributed by atoms with E-state index in [4.69, 9.17) is 10.5 Å². The topological polar surface area (TPSA) is 94.5 Å². The molecule has 1 aromatic heterocycles. The van der Waals surface area contributed by atoms with Gasteiger partial charge in [0.2, 0.25) is 0 Å². The number of aryl methyl sites for hydroxylation is 1. The van der Waals surface area contributed by atoms with Crippen molar-refractivity contribution in [3.63, 3.8) is 0 Å². The summed E-state index contributed by atoms with van der Waals surface area (Å²) in [7, 11) is 0. The van der Waals surface area contributed by atoms with Crippen LogP contribution in [0.1, 0.15) is 21.6 Å². The fraction of sp³-hybridized carbons (Fsp3) is 0.294. The van der Waals surface area contributed by atoms with Crippen LogP contribution >= 0.6 is 0 Å². The van der Waals surface area contributed by atoms with E-state index >= 15 is 0 Å². The molecule has 0 spiro atoms. The van der Waals surface area contributed by atoms with Crippen molar-refractivity contribution in [2.45, 2.75) is 25.7 Å². The van der Waals surface area contributed by atoms with Crippen molar-refractivity contribution in [1.82, 2.24) is 4.57 Å². The molecule has 6 nitrogen and oxygen atoms in total. The summed E-state index contributed by atoms with van der Waals surface area (Å²) in [6.07, 6.45) is -6.26. The van der Waals surface area contributed by atoms with E-state index in [0.717, 1.165) is 11.6 Å². The van der Waals surface area contributed by atoms with Gasteiger partial charge in [0, 0.05) is 0 Å². The lowest BCUT2D eigenvalue weighted by atomic mass is 10.2. The lowest BCUT2D eigenvalue weighted by molar-refractivity contribution is -0.144. The second-order valence-corrected chi connectivity index (χ2v) is 5.69. The molecule has 0 fully saturated rings. The average molecular weight is 370 g/mol. The minimum absolute atomic E-state index is 0.281. The van der Waals surface area contributed by atoms with Crippen molar-refractivity contribution < 1.29 is 27.8 Å². The largest absolute Gasteiger partial charge is 0.491 e. The van der Waals surface area contributed by atoms with Gasteiger partial charge in [-0.2, -0.15) is 13.2 Å². The minimum atomic E-state index is -4.84. The lowest BCUT2D eigenvalue weighted by Gasteiger charge is -2.19. The van der Waals surface area contributed by atoms with Gasteiger partial charge in [0.05, 0.1) is 6.54 Å². The molecule has 1 heterocycles. The molecule has 0 aliphatic carbocycles. The number of benzene rings is 1. The van der Waals surface area contributed by atoms with Crippen molar-refractivity contribution in [2.24, 2.45) is 5.73 Å². The quantitative estimate of drug-likeness (QED) is 0.809. The smallest absolute Gasteiger partial charge is 0.431 e. The van der Waals surface area contributed by atoms with Crippen LogP contribution in [0.2, 0.25) is 0 Å². The molecule has 0 aliphatic rings. The number of aromatic nitrogens is 1. The van der Waals surface area contributed by atoms with Crippen LogP contribution < -0.4 is 16.0 Å². The van der Waals surface area contributed by atoms with Crippen LogP contribution in [0.25, 0.3) is 0 Å². The molecule has 140 valence electrons. The summed E-state index contributed by atoms with van der Waals surface area (Å²) in [5, 5.41) is 9.99. The van der Waals surface area contributed by atoms with Crippen molar-refractivity contribution in [3.8, 4) is 5.75 Å². The molecule has 9 heteroatoms. The second-order valence-electron chi connectivity index (χ2n) is 5.69. The van der Waals surface area contributed by atoms with Crippen molar-refractivity contribution in [3.05, 3.63) is 63.6 Å². The number of rotatable bonds is 6. The van der Waals surface area contributed by atoms with E-state index in [1.165, 1.54) is 0 Å². The molecule has 0 bridgehead atoms. The van der Waals surface area contributed by atoms with Crippen molar-refractivity contribution in [1.29, 1.82) is 0 Å². The number of nitrogens with two attached hydrogens (primary N) is 1. The molecule has 1 amide bonds. The van der Waals surface area contributed by atoms with Crippen molar-refractivity contribution in [2.75, 3.05) is 6.61 Å². The van der Waals surface area contributed by atoms with Gasteiger partial charge in [-0.25, -0.2) is 0 Å². The highest BCUT2D eigenvalue weighted by Crippen LogP contribution is 2.28. The molecule has 0 radical (unpaired) electrons.